The van der Waals surface area contributed by atoms with Crippen LogP contribution in [0.15, 0.2) is 29.4 Å². The predicted octanol–water partition coefficient (Wildman–Crippen LogP) is 2.71. The summed E-state index contributed by atoms with van der Waals surface area (Å²) >= 11 is 0. The van der Waals surface area contributed by atoms with Crippen LogP contribution in [0.5, 0.6) is 0 Å². The zero-order valence-electron chi connectivity index (χ0n) is 17.1. The Bertz CT molecular complexity index is 730. The molecular weight excluding hydrogens is 465 g/mol. The van der Waals surface area contributed by atoms with Crippen molar-refractivity contribution in [1.82, 2.24) is 30.1 Å². The number of piperidine rings is 1. The molecule has 8 heteroatoms. The van der Waals surface area contributed by atoms with Crippen molar-refractivity contribution >= 4 is 35.6 Å². The van der Waals surface area contributed by atoms with E-state index in [9.17, 15) is 0 Å². The molecule has 1 aliphatic rings. The fraction of sp³-hybridized carbons (Fsp3) is 0.650. The first-order chi connectivity index (χ1) is 13.3. The monoisotopic (exact) mass is 499 g/mol. The number of aromatic nitrogens is 3. The Hall–Kier alpha value is -1.42. The van der Waals surface area contributed by atoms with Gasteiger partial charge in [0.1, 0.15) is 5.82 Å². The van der Waals surface area contributed by atoms with E-state index in [1.54, 1.807) is 0 Å². The maximum Gasteiger partial charge on any atom is 0.191 e. The van der Waals surface area contributed by atoms with Crippen LogP contribution >= 0.6 is 24.0 Å². The molecule has 7 nitrogen and oxygen atoms in total. The molecule has 3 heterocycles. The molecule has 2 N–H and O–H groups in total. The van der Waals surface area contributed by atoms with Gasteiger partial charge in [0.05, 0.1) is 6.54 Å². The van der Waals surface area contributed by atoms with Gasteiger partial charge in [-0.25, -0.2) is 0 Å². The maximum absolute atomic E-state index is 4.77. The first-order valence-electron chi connectivity index (χ1n) is 10.4. The van der Waals surface area contributed by atoms with E-state index in [0.29, 0.717) is 0 Å². The summed E-state index contributed by atoms with van der Waals surface area (Å²) in [5, 5.41) is 15.3. The van der Waals surface area contributed by atoms with E-state index >= 15 is 0 Å². The predicted molar refractivity (Wildman–Crippen MR) is 126 cm³/mol. The van der Waals surface area contributed by atoms with Gasteiger partial charge in [0, 0.05) is 38.3 Å². The Morgan fingerprint density at radius 2 is 2.11 bits per heavy atom. The van der Waals surface area contributed by atoms with Crippen molar-refractivity contribution in [2.45, 2.75) is 52.0 Å². The summed E-state index contributed by atoms with van der Waals surface area (Å²) in [4.78, 5) is 7.38. The minimum atomic E-state index is 0. The molecule has 0 saturated carbocycles. The summed E-state index contributed by atoms with van der Waals surface area (Å²) in [5.74, 6) is 1.85. The van der Waals surface area contributed by atoms with Crippen LogP contribution in [-0.4, -0.2) is 64.2 Å². The number of likely N-dealkylation sites (tertiary alicyclic amines) is 1. The van der Waals surface area contributed by atoms with Crippen LogP contribution in [-0.2, 0) is 6.42 Å². The quantitative estimate of drug-likeness (QED) is 0.332. The number of hydrogen-bond acceptors (Lipinski definition) is 4. The standard InChI is InChI=1S/C20H33N7.HI/c1-3-17-9-5-7-14-26(17)16-13-23-20(21-4-2)22-12-11-19-25-24-18-10-6-8-15-27(18)19;/h6,8,10,15,17H,3-5,7,9,11-14,16H2,1-2H3,(H2,21,22,23);1H. The summed E-state index contributed by atoms with van der Waals surface area (Å²) in [7, 11) is 0. The van der Waals surface area contributed by atoms with E-state index in [0.717, 1.165) is 56.1 Å². The highest BCUT2D eigenvalue weighted by Gasteiger charge is 2.19. The Morgan fingerprint density at radius 1 is 1.21 bits per heavy atom. The van der Waals surface area contributed by atoms with Gasteiger partial charge in [0.15, 0.2) is 11.6 Å². The zero-order valence-corrected chi connectivity index (χ0v) is 19.4. The highest BCUT2D eigenvalue weighted by molar-refractivity contribution is 14.0. The molecule has 28 heavy (non-hydrogen) atoms. The van der Waals surface area contributed by atoms with Crippen LogP contribution in [0.25, 0.3) is 5.65 Å². The minimum Gasteiger partial charge on any atom is -0.357 e. The Kier molecular flexibility index (Phi) is 9.97. The molecule has 0 amide bonds. The van der Waals surface area contributed by atoms with E-state index in [1.807, 2.05) is 28.8 Å². The number of nitrogens with one attached hydrogen (secondary N) is 2. The van der Waals surface area contributed by atoms with Crippen LogP contribution in [0.2, 0.25) is 0 Å². The minimum absolute atomic E-state index is 0. The molecule has 0 aliphatic carbocycles. The number of fused-ring (bicyclic) bond motifs is 1. The Labute approximate surface area is 185 Å². The molecule has 3 rings (SSSR count). The van der Waals surface area contributed by atoms with Gasteiger partial charge in [-0.2, -0.15) is 0 Å². The van der Waals surface area contributed by atoms with Crippen molar-refractivity contribution < 1.29 is 0 Å². The molecule has 2 aromatic heterocycles. The van der Waals surface area contributed by atoms with Crippen molar-refractivity contribution in [2.24, 2.45) is 4.99 Å². The van der Waals surface area contributed by atoms with Gasteiger partial charge in [0.2, 0.25) is 0 Å². The van der Waals surface area contributed by atoms with Crippen molar-refractivity contribution in [3.63, 3.8) is 0 Å². The van der Waals surface area contributed by atoms with Crippen LogP contribution in [0.3, 0.4) is 0 Å². The molecule has 0 aromatic carbocycles. The molecule has 0 bridgehead atoms. The fourth-order valence-corrected chi connectivity index (χ4v) is 3.80. The lowest BCUT2D eigenvalue weighted by Gasteiger charge is -2.34. The van der Waals surface area contributed by atoms with Crippen molar-refractivity contribution in [2.75, 3.05) is 32.7 Å². The topological polar surface area (TPSA) is 69.8 Å². The van der Waals surface area contributed by atoms with E-state index in [1.165, 1.54) is 32.2 Å². The average Bonchev–Trinajstić information content (AvgIpc) is 3.11. The second-order valence-electron chi connectivity index (χ2n) is 7.08. The number of guanidine groups is 1. The number of rotatable bonds is 8. The lowest BCUT2D eigenvalue weighted by atomic mass is 10.0. The third kappa shape index (κ3) is 6.30. The number of halogens is 1. The van der Waals surface area contributed by atoms with Crippen molar-refractivity contribution in [3.05, 3.63) is 30.2 Å². The molecule has 2 aromatic rings. The summed E-state index contributed by atoms with van der Waals surface area (Å²) in [6.07, 6.45) is 8.09. The highest BCUT2D eigenvalue weighted by Crippen LogP contribution is 2.18. The van der Waals surface area contributed by atoms with E-state index < -0.39 is 0 Å². The molecule has 156 valence electrons. The number of aliphatic imine (C=N–C) groups is 1. The fourth-order valence-electron chi connectivity index (χ4n) is 3.80. The molecule has 0 spiro atoms. The largest absolute Gasteiger partial charge is 0.357 e. The van der Waals surface area contributed by atoms with E-state index in [4.69, 9.17) is 4.99 Å². The number of hydrogen-bond donors (Lipinski definition) is 2. The van der Waals surface area contributed by atoms with E-state index in [-0.39, 0.29) is 24.0 Å². The number of pyridine rings is 1. The van der Waals surface area contributed by atoms with Crippen LogP contribution in [0.1, 0.15) is 45.4 Å². The average molecular weight is 499 g/mol. The van der Waals surface area contributed by atoms with Crippen LogP contribution < -0.4 is 10.6 Å². The maximum atomic E-state index is 4.77. The second-order valence-corrected chi connectivity index (χ2v) is 7.08. The second kappa shape index (κ2) is 12.2. The van der Waals surface area contributed by atoms with Crippen molar-refractivity contribution in [3.8, 4) is 0 Å². The van der Waals surface area contributed by atoms with Crippen molar-refractivity contribution in [1.29, 1.82) is 0 Å². The molecule has 1 fully saturated rings. The number of nitrogens with zero attached hydrogens (tertiary/aromatic N) is 5. The molecule has 1 atom stereocenters. The van der Waals surface area contributed by atoms with Gasteiger partial charge in [-0.05, 0) is 44.9 Å². The highest BCUT2D eigenvalue weighted by atomic mass is 127. The van der Waals surface area contributed by atoms with Crippen LogP contribution in [0, 0.1) is 0 Å². The normalized spacial score (nSPS) is 18.1. The lowest BCUT2D eigenvalue weighted by molar-refractivity contribution is 0.148. The Morgan fingerprint density at radius 3 is 2.93 bits per heavy atom. The van der Waals surface area contributed by atoms with Gasteiger partial charge in [-0.15, -0.1) is 34.2 Å². The Balaban J connectivity index is 0.00000280. The summed E-state index contributed by atoms with van der Waals surface area (Å²) in [5.41, 5.74) is 0.889. The SMILES string of the molecule is CCNC(=NCCN1CCCCC1CC)NCCc1nnc2ccccn12.I. The van der Waals surface area contributed by atoms with Gasteiger partial charge >= 0.3 is 0 Å². The van der Waals surface area contributed by atoms with Gasteiger partial charge in [-0.3, -0.25) is 14.3 Å². The third-order valence-electron chi connectivity index (χ3n) is 5.25. The van der Waals surface area contributed by atoms with Gasteiger partial charge < -0.3 is 10.6 Å². The third-order valence-corrected chi connectivity index (χ3v) is 5.25. The molecule has 1 saturated heterocycles. The smallest absolute Gasteiger partial charge is 0.191 e. The van der Waals surface area contributed by atoms with Crippen LogP contribution in [0.4, 0.5) is 0 Å². The molecular formula is C20H34IN7. The summed E-state index contributed by atoms with van der Waals surface area (Å²) in [6.45, 7) is 9.14. The first-order valence-corrected chi connectivity index (χ1v) is 10.4. The summed E-state index contributed by atoms with van der Waals surface area (Å²) in [6, 6.07) is 6.70. The molecule has 0 radical (unpaired) electrons. The summed E-state index contributed by atoms with van der Waals surface area (Å²) < 4.78 is 2.03. The lowest BCUT2D eigenvalue weighted by Crippen LogP contribution is -2.42. The van der Waals surface area contributed by atoms with E-state index in [2.05, 4.69) is 39.6 Å². The van der Waals surface area contributed by atoms with Gasteiger partial charge in [-0.1, -0.05) is 19.4 Å². The first kappa shape index (κ1) is 22.9. The molecule has 1 unspecified atom stereocenters. The molecule has 1 aliphatic heterocycles. The van der Waals surface area contributed by atoms with Gasteiger partial charge in [0.25, 0.3) is 0 Å². The zero-order chi connectivity index (χ0) is 18.9.